The summed E-state index contributed by atoms with van der Waals surface area (Å²) in [6.07, 6.45) is 6.23. The minimum Gasteiger partial charge on any atom is -0.326 e. The number of hydrogen-bond donors (Lipinski definition) is 1. The van der Waals surface area contributed by atoms with Gasteiger partial charge in [-0.05, 0) is 18.6 Å². The molecule has 0 aliphatic carbocycles. The molecule has 0 fully saturated rings. The molecule has 0 aliphatic rings. The van der Waals surface area contributed by atoms with Crippen LogP contribution in [-0.2, 0) is 6.54 Å². The zero-order valence-electron chi connectivity index (χ0n) is 9.56. The highest BCUT2D eigenvalue weighted by molar-refractivity contribution is 5.52. The van der Waals surface area contributed by atoms with Gasteiger partial charge in [0.1, 0.15) is 0 Å². The van der Waals surface area contributed by atoms with E-state index in [-0.39, 0.29) is 0 Å². The Morgan fingerprint density at radius 1 is 1.25 bits per heavy atom. The van der Waals surface area contributed by atoms with Crippen LogP contribution in [0.3, 0.4) is 0 Å². The van der Waals surface area contributed by atoms with E-state index >= 15 is 0 Å². The van der Waals surface area contributed by atoms with Crippen molar-refractivity contribution >= 4 is 11.6 Å². The van der Waals surface area contributed by atoms with Crippen LogP contribution < -0.4 is 5.32 Å². The summed E-state index contributed by atoms with van der Waals surface area (Å²) in [4.78, 5) is 4.32. The van der Waals surface area contributed by atoms with Crippen molar-refractivity contribution < 1.29 is 0 Å². The highest BCUT2D eigenvalue weighted by Crippen LogP contribution is 2.14. The third-order valence-electron chi connectivity index (χ3n) is 2.50. The number of hydrogen-bond acceptors (Lipinski definition) is 2. The van der Waals surface area contributed by atoms with Crippen molar-refractivity contribution in [2.24, 2.45) is 0 Å². The first-order valence-corrected chi connectivity index (χ1v) is 5.73. The second-order valence-corrected chi connectivity index (χ2v) is 3.79. The van der Waals surface area contributed by atoms with Gasteiger partial charge in [-0.2, -0.15) is 0 Å². The van der Waals surface area contributed by atoms with E-state index in [0.717, 1.165) is 18.2 Å². The SMILES string of the molecule is CCCCn1ccnc1Nc1ccccc1. The molecule has 16 heavy (non-hydrogen) atoms. The molecule has 0 saturated carbocycles. The first kappa shape index (κ1) is 10.7. The van der Waals surface area contributed by atoms with E-state index in [4.69, 9.17) is 0 Å². The molecule has 0 radical (unpaired) electrons. The minimum absolute atomic E-state index is 0.916. The lowest BCUT2D eigenvalue weighted by molar-refractivity contribution is 0.638. The van der Waals surface area contributed by atoms with Crippen LogP contribution in [0.5, 0.6) is 0 Å². The standard InChI is InChI=1S/C13H17N3/c1-2-3-10-16-11-9-14-13(16)15-12-7-5-4-6-8-12/h4-9,11H,2-3,10H2,1H3,(H,14,15). The van der Waals surface area contributed by atoms with Gasteiger partial charge >= 0.3 is 0 Å². The largest absolute Gasteiger partial charge is 0.326 e. The summed E-state index contributed by atoms with van der Waals surface area (Å²) in [7, 11) is 0. The number of para-hydroxylation sites is 1. The number of anilines is 2. The van der Waals surface area contributed by atoms with Crippen molar-refractivity contribution in [2.45, 2.75) is 26.3 Å². The topological polar surface area (TPSA) is 29.9 Å². The summed E-state index contributed by atoms with van der Waals surface area (Å²) in [5.74, 6) is 0.916. The van der Waals surface area contributed by atoms with Gasteiger partial charge in [0, 0.05) is 24.6 Å². The van der Waals surface area contributed by atoms with Gasteiger partial charge in [-0.3, -0.25) is 0 Å². The molecule has 3 heteroatoms. The molecular formula is C13H17N3. The lowest BCUT2D eigenvalue weighted by Crippen LogP contribution is -2.03. The number of imidazole rings is 1. The van der Waals surface area contributed by atoms with Crippen LogP contribution in [0.1, 0.15) is 19.8 Å². The molecule has 1 aromatic heterocycles. The Labute approximate surface area is 96.1 Å². The fourth-order valence-electron chi connectivity index (χ4n) is 1.59. The first-order valence-electron chi connectivity index (χ1n) is 5.73. The first-order chi connectivity index (χ1) is 7.90. The Bertz CT molecular complexity index is 420. The van der Waals surface area contributed by atoms with E-state index in [1.807, 2.05) is 42.7 Å². The van der Waals surface area contributed by atoms with Crippen LogP contribution >= 0.6 is 0 Å². The lowest BCUT2D eigenvalue weighted by Gasteiger charge is -2.08. The van der Waals surface area contributed by atoms with Crippen molar-refractivity contribution in [1.29, 1.82) is 0 Å². The van der Waals surface area contributed by atoms with Gasteiger partial charge in [-0.25, -0.2) is 4.98 Å². The summed E-state index contributed by atoms with van der Waals surface area (Å²) in [5, 5.41) is 3.31. The van der Waals surface area contributed by atoms with E-state index in [9.17, 15) is 0 Å². The Balaban J connectivity index is 2.07. The molecule has 1 aromatic carbocycles. The lowest BCUT2D eigenvalue weighted by atomic mass is 10.3. The molecular weight excluding hydrogens is 198 g/mol. The number of benzene rings is 1. The average Bonchev–Trinajstić information content (AvgIpc) is 2.75. The number of unbranched alkanes of at least 4 members (excludes halogenated alkanes) is 1. The van der Waals surface area contributed by atoms with E-state index in [0.29, 0.717) is 0 Å². The second-order valence-electron chi connectivity index (χ2n) is 3.79. The molecule has 0 saturated heterocycles. The van der Waals surface area contributed by atoms with Crippen LogP contribution in [0.2, 0.25) is 0 Å². The van der Waals surface area contributed by atoms with Crippen LogP contribution in [0.15, 0.2) is 42.7 Å². The van der Waals surface area contributed by atoms with Crippen LogP contribution in [0, 0.1) is 0 Å². The molecule has 2 aromatic rings. The molecule has 0 aliphatic heterocycles. The zero-order chi connectivity index (χ0) is 11.2. The van der Waals surface area contributed by atoms with Crippen molar-refractivity contribution in [3.05, 3.63) is 42.7 Å². The number of aryl methyl sites for hydroxylation is 1. The molecule has 84 valence electrons. The predicted octanol–water partition coefficient (Wildman–Crippen LogP) is 3.43. The van der Waals surface area contributed by atoms with Gasteiger partial charge < -0.3 is 9.88 Å². The Kier molecular flexibility index (Phi) is 3.59. The van der Waals surface area contributed by atoms with Crippen LogP contribution in [0.4, 0.5) is 11.6 Å². The van der Waals surface area contributed by atoms with Crippen molar-refractivity contribution in [2.75, 3.05) is 5.32 Å². The van der Waals surface area contributed by atoms with E-state index in [2.05, 4.69) is 21.8 Å². The monoisotopic (exact) mass is 215 g/mol. The molecule has 0 amide bonds. The molecule has 1 N–H and O–H groups in total. The highest BCUT2D eigenvalue weighted by atomic mass is 15.2. The summed E-state index contributed by atoms with van der Waals surface area (Å²) in [6, 6.07) is 10.1. The molecule has 0 bridgehead atoms. The fraction of sp³-hybridized carbons (Fsp3) is 0.308. The van der Waals surface area contributed by atoms with Gasteiger partial charge in [0.25, 0.3) is 0 Å². The quantitative estimate of drug-likeness (QED) is 0.828. The van der Waals surface area contributed by atoms with Gasteiger partial charge in [-0.15, -0.1) is 0 Å². The van der Waals surface area contributed by atoms with E-state index in [1.54, 1.807) is 0 Å². The third kappa shape index (κ3) is 2.63. The van der Waals surface area contributed by atoms with Crippen molar-refractivity contribution in [3.8, 4) is 0 Å². The zero-order valence-corrected chi connectivity index (χ0v) is 9.56. The van der Waals surface area contributed by atoms with Gasteiger partial charge in [-0.1, -0.05) is 31.5 Å². The van der Waals surface area contributed by atoms with E-state index in [1.165, 1.54) is 12.8 Å². The van der Waals surface area contributed by atoms with Crippen LogP contribution in [0.25, 0.3) is 0 Å². The predicted molar refractivity (Wildman–Crippen MR) is 66.9 cm³/mol. The summed E-state index contributed by atoms with van der Waals surface area (Å²) >= 11 is 0. The van der Waals surface area contributed by atoms with Gasteiger partial charge in [0.2, 0.25) is 5.95 Å². The summed E-state index contributed by atoms with van der Waals surface area (Å²) < 4.78 is 2.15. The molecule has 0 atom stereocenters. The minimum atomic E-state index is 0.916. The molecule has 0 spiro atoms. The van der Waals surface area contributed by atoms with E-state index < -0.39 is 0 Å². The molecule has 1 heterocycles. The van der Waals surface area contributed by atoms with Gasteiger partial charge in [0.15, 0.2) is 0 Å². The number of nitrogens with one attached hydrogen (secondary N) is 1. The van der Waals surface area contributed by atoms with Crippen LogP contribution in [-0.4, -0.2) is 9.55 Å². The maximum absolute atomic E-state index is 4.32. The highest BCUT2D eigenvalue weighted by Gasteiger charge is 2.01. The smallest absolute Gasteiger partial charge is 0.207 e. The Morgan fingerprint density at radius 3 is 2.81 bits per heavy atom. The Hall–Kier alpha value is -1.77. The van der Waals surface area contributed by atoms with Crippen molar-refractivity contribution in [1.82, 2.24) is 9.55 Å². The Morgan fingerprint density at radius 2 is 2.06 bits per heavy atom. The second kappa shape index (κ2) is 5.35. The number of rotatable bonds is 5. The molecule has 2 rings (SSSR count). The van der Waals surface area contributed by atoms with Crippen molar-refractivity contribution in [3.63, 3.8) is 0 Å². The fourth-order valence-corrected chi connectivity index (χ4v) is 1.59. The third-order valence-corrected chi connectivity index (χ3v) is 2.50. The average molecular weight is 215 g/mol. The molecule has 3 nitrogen and oxygen atoms in total. The summed E-state index contributed by atoms with van der Waals surface area (Å²) in [6.45, 7) is 3.22. The maximum atomic E-state index is 4.32. The summed E-state index contributed by atoms with van der Waals surface area (Å²) in [5.41, 5.74) is 1.08. The number of aromatic nitrogens is 2. The molecule has 0 unspecified atom stereocenters. The normalized spacial score (nSPS) is 10.3. The van der Waals surface area contributed by atoms with Gasteiger partial charge in [0.05, 0.1) is 0 Å². The number of nitrogens with zero attached hydrogens (tertiary/aromatic N) is 2. The maximum Gasteiger partial charge on any atom is 0.207 e.